The molecule has 0 unspecified atom stereocenters. The molecular weight excluding hydrogens is 270 g/mol. The van der Waals surface area contributed by atoms with Crippen LogP contribution in [-0.2, 0) is 11.3 Å². The summed E-state index contributed by atoms with van der Waals surface area (Å²) in [6, 6.07) is 7.41. The third kappa shape index (κ3) is 3.59. The van der Waals surface area contributed by atoms with Crippen molar-refractivity contribution in [2.75, 3.05) is 14.2 Å². The number of hydrogen-bond donors (Lipinski definition) is 0. The SMILES string of the molecule is COc1cccc(-c2noc(CN(C)C(=O)C(C)C)n2)c1. The van der Waals surface area contributed by atoms with Crippen molar-refractivity contribution in [1.29, 1.82) is 0 Å². The smallest absolute Gasteiger partial charge is 0.246 e. The summed E-state index contributed by atoms with van der Waals surface area (Å²) in [5.41, 5.74) is 0.808. The van der Waals surface area contributed by atoms with Crippen LogP contribution in [0.25, 0.3) is 11.4 Å². The Labute approximate surface area is 123 Å². The molecule has 0 N–H and O–H groups in total. The molecule has 21 heavy (non-hydrogen) atoms. The first-order chi connectivity index (χ1) is 10.0. The molecule has 0 radical (unpaired) electrons. The number of hydrogen-bond acceptors (Lipinski definition) is 5. The van der Waals surface area contributed by atoms with Crippen LogP contribution in [0.2, 0.25) is 0 Å². The zero-order valence-electron chi connectivity index (χ0n) is 12.7. The fourth-order valence-corrected chi connectivity index (χ4v) is 1.92. The molecule has 112 valence electrons. The number of methoxy groups -OCH3 is 1. The van der Waals surface area contributed by atoms with Crippen LogP contribution in [0.1, 0.15) is 19.7 Å². The summed E-state index contributed by atoms with van der Waals surface area (Å²) in [6.45, 7) is 4.01. The van der Waals surface area contributed by atoms with Crippen molar-refractivity contribution in [2.24, 2.45) is 5.92 Å². The third-order valence-corrected chi connectivity index (χ3v) is 3.04. The van der Waals surface area contributed by atoms with Crippen molar-refractivity contribution in [1.82, 2.24) is 15.0 Å². The Morgan fingerprint density at radius 1 is 1.43 bits per heavy atom. The minimum atomic E-state index is -0.0595. The van der Waals surface area contributed by atoms with Gasteiger partial charge in [0.25, 0.3) is 0 Å². The van der Waals surface area contributed by atoms with E-state index in [9.17, 15) is 4.79 Å². The molecule has 1 heterocycles. The average Bonchev–Trinajstić information content (AvgIpc) is 2.94. The molecule has 0 spiro atoms. The summed E-state index contributed by atoms with van der Waals surface area (Å²) in [6.07, 6.45) is 0. The molecule has 6 heteroatoms. The summed E-state index contributed by atoms with van der Waals surface area (Å²) in [7, 11) is 3.32. The molecular formula is C15H19N3O3. The molecule has 2 aromatic rings. The maximum absolute atomic E-state index is 11.8. The molecule has 0 saturated heterocycles. The standard InChI is InChI=1S/C15H19N3O3/c1-10(2)15(19)18(3)9-13-16-14(17-21-13)11-6-5-7-12(8-11)20-4/h5-8,10H,9H2,1-4H3. The predicted molar refractivity (Wildman–Crippen MR) is 77.6 cm³/mol. The lowest BCUT2D eigenvalue weighted by Gasteiger charge is -2.16. The Morgan fingerprint density at radius 2 is 2.19 bits per heavy atom. The second-order valence-electron chi connectivity index (χ2n) is 5.09. The fourth-order valence-electron chi connectivity index (χ4n) is 1.92. The van der Waals surface area contributed by atoms with Crippen LogP contribution >= 0.6 is 0 Å². The lowest BCUT2D eigenvalue weighted by atomic mass is 10.2. The Morgan fingerprint density at radius 3 is 2.86 bits per heavy atom. The molecule has 1 aromatic carbocycles. The molecule has 0 atom stereocenters. The van der Waals surface area contributed by atoms with Crippen LogP contribution in [0.5, 0.6) is 5.75 Å². The van der Waals surface area contributed by atoms with E-state index in [-0.39, 0.29) is 11.8 Å². The topological polar surface area (TPSA) is 68.5 Å². The van der Waals surface area contributed by atoms with E-state index in [2.05, 4.69) is 10.1 Å². The molecule has 0 bridgehead atoms. The zero-order chi connectivity index (χ0) is 15.4. The highest BCUT2D eigenvalue weighted by atomic mass is 16.5. The number of amides is 1. The summed E-state index contributed by atoms with van der Waals surface area (Å²) in [5.74, 6) is 1.59. The highest BCUT2D eigenvalue weighted by Crippen LogP contribution is 2.21. The van der Waals surface area contributed by atoms with E-state index in [0.717, 1.165) is 11.3 Å². The number of aromatic nitrogens is 2. The molecule has 0 aliphatic rings. The van der Waals surface area contributed by atoms with Crippen molar-refractivity contribution in [2.45, 2.75) is 20.4 Å². The summed E-state index contributed by atoms with van der Waals surface area (Å²) >= 11 is 0. The quantitative estimate of drug-likeness (QED) is 0.845. The first-order valence-corrected chi connectivity index (χ1v) is 6.73. The van der Waals surface area contributed by atoms with E-state index in [1.807, 2.05) is 38.1 Å². The number of benzene rings is 1. The van der Waals surface area contributed by atoms with Gasteiger partial charge in [-0.2, -0.15) is 4.98 Å². The fraction of sp³-hybridized carbons (Fsp3) is 0.400. The van der Waals surface area contributed by atoms with Gasteiger partial charge in [0.15, 0.2) is 0 Å². The van der Waals surface area contributed by atoms with E-state index >= 15 is 0 Å². The molecule has 2 rings (SSSR count). The van der Waals surface area contributed by atoms with Gasteiger partial charge >= 0.3 is 0 Å². The van der Waals surface area contributed by atoms with Crippen molar-refractivity contribution in [3.63, 3.8) is 0 Å². The molecule has 0 fully saturated rings. The summed E-state index contributed by atoms with van der Waals surface area (Å²) in [5, 5.41) is 3.94. The molecule has 1 amide bonds. The van der Waals surface area contributed by atoms with Crippen LogP contribution in [0.15, 0.2) is 28.8 Å². The van der Waals surface area contributed by atoms with Crippen LogP contribution in [0, 0.1) is 5.92 Å². The average molecular weight is 289 g/mol. The van der Waals surface area contributed by atoms with Gasteiger partial charge in [-0.05, 0) is 12.1 Å². The van der Waals surface area contributed by atoms with E-state index in [1.165, 1.54) is 0 Å². The molecule has 0 saturated carbocycles. The number of carbonyl (C=O) groups excluding carboxylic acids is 1. The second kappa shape index (κ2) is 6.39. The van der Waals surface area contributed by atoms with Gasteiger partial charge in [-0.3, -0.25) is 4.79 Å². The highest BCUT2D eigenvalue weighted by Gasteiger charge is 2.17. The maximum Gasteiger partial charge on any atom is 0.246 e. The normalized spacial score (nSPS) is 10.7. The minimum absolute atomic E-state index is 0.0381. The Kier molecular flexibility index (Phi) is 4.57. The highest BCUT2D eigenvalue weighted by molar-refractivity contribution is 5.77. The zero-order valence-corrected chi connectivity index (χ0v) is 12.7. The Hall–Kier alpha value is -2.37. The Balaban J connectivity index is 2.12. The summed E-state index contributed by atoms with van der Waals surface area (Å²) < 4.78 is 10.4. The van der Waals surface area contributed by atoms with Gasteiger partial charge in [-0.1, -0.05) is 31.1 Å². The second-order valence-corrected chi connectivity index (χ2v) is 5.09. The van der Waals surface area contributed by atoms with Crippen molar-refractivity contribution in [3.8, 4) is 17.1 Å². The minimum Gasteiger partial charge on any atom is -0.497 e. The first kappa shape index (κ1) is 15.0. The van der Waals surface area contributed by atoms with Gasteiger partial charge in [-0.15, -0.1) is 0 Å². The Bertz CT molecular complexity index is 622. The van der Waals surface area contributed by atoms with E-state index in [1.54, 1.807) is 19.1 Å². The largest absolute Gasteiger partial charge is 0.497 e. The molecule has 1 aromatic heterocycles. The van der Waals surface area contributed by atoms with Crippen LogP contribution in [0.3, 0.4) is 0 Å². The third-order valence-electron chi connectivity index (χ3n) is 3.04. The number of ether oxygens (including phenoxy) is 1. The number of nitrogens with zero attached hydrogens (tertiary/aromatic N) is 3. The maximum atomic E-state index is 11.8. The van der Waals surface area contributed by atoms with Crippen molar-refractivity contribution in [3.05, 3.63) is 30.2 Å². The van der Waals surface area contributed by atoms with Crippen molar-refractivity contribution >= 4 is 5.91 Å². The van der Waals surface area contributed by atoms with Crippen LogP contribution < -0.4 is 4.74 Å². The molecule has 6 nitrogen and oxygen atoms in total. The number of carbonyl (C=O) groups is 1. The van der Waals surface area contributed by atoms with E-state index in [4.69, 9.17) is 9.26 Å². The molecule has 0 aliphatic heterocycles. The lowest BCUT2D eigenvalue weighted by Crippen LogP contribution is -2.30. The van der Waals surface area contributed by atoms with Gasteiger partial charge < -0.3 is 14.2 Å². The monoisotopic (exact) mass is 289 g/mol. The summed E-state index contributed by atoms with van der Waals surface area (Å²) in [4.78, 5) is 17.7. The van der Waals surface area contributed by atoms with E-state index in [0.29, 0.717) is 18.3 Å². The lowest BCUT2D eigenvalue weighted by molar-refractivity contribution is -0.133. The first-order valence-electron chi connectivity index (χ1n) is 6.73. The van der Waals surface area contributed by atoms with Gasteiger partial charge in [0.05, 0.1) is 13.7 Å². The van der Waals surface area contributed by atoms with Crippen LogP contribution in [0.4, 0.5) is 0 Å². The van der Waals surface area contributed by atoms with Gasteiger partial charge in [0, 0.05) is 18.5 Å². The predicted octanol–water partition coefficient (Wildman–Crippen LogP) is 2.36. The van der Waals surface area contributed by atoms with Gasteiger partial charge in [-0.25, -0.2) is 0 Å². The van der Waals surface area contributed by atoms with Gasteiger partial charge in [0.2, 0.25) is 17.6 Å². The van der Waals surface area contributed by atoms with Gasteiger partial charge in [0.1, 0.15) is 5.75 Å². The van der Waals surface area contributed by atoms with Crippen molar-refractivity contribution < 1.29 is 14.1 Å². The number of rotatable bonds is 5. The molecule has 0 aliphatic carbocycles. The van der Waals surface area contributed by atoms with Crippen LogP contribution in [-0.4, -0.2) is 35.1 Å². The van der Waals surface area contributed by atoms with E-state index < -0.39 is 0 Å².